The smallest absolute Gasteiger partial charge is 0.0647 e. The number of alkyl halides is 1. The average molecular weight is 170 g/mol. The van der Waals surface area contributed by atoms with Crippen LogP contribution in [0.5, 0.6) is 0 Å². The van der Waals surface area contributed by atoms with Crippen LogP contribution in [0.3, 0.4) is 0 Å². The topological polar surface area (TPSA) is 12.9 Å². The summed E-state index contributed by atoms with van der Waals surface area (Å²) in [5.41, 5.74) is 2.30. The summed E-state index contributed by atoms with van der Waals surface area (Å²) in [6, 6.07) is 4.11. The van der Waals surface area contributed by atoms with Crippen molar-refractivity contribution in [1.29, 1.82) is 0 Å². The summed E-state index contributed by atoms with van der Waals surface area (Å²) in [5.74, 6) is 0.511. The maximum Gasteiger partial charge on any atom is 0.0647 e. The summed E-state index contributed by atoms with van der Waals surface area (Å²) in [5, 5.41) is 0. The van der Waals surface area contributed by atoms with Gasteiger partial charge in [-0.15, -0.1) is 11.6 Å². The van der Waals surface area contributed by atoms with E-state index in [1.165, 1.54) is 12.0 Å². The Morgan fingerprint density at radius 2 is 2.36 bits per heavy atom. The molecule has 0 bridgehead atoms. The minimum atomic E-state index is 0.511. The zero-order valence-electron chi connectivity index (χ0n) is 6.68. The van der Waals surface area contributed by atoms with Gasteiger partial charge in [0.25, 0.3) is 0 Å². The molecule has 0 aliphatic heterocycles. The van der Waals surface area contributed by atoms with Gasteiger partial charge in [0.15, 0.2) is 0 Å². The van der Waals surface area contributed by atoms with Crippen molar-refractivity contribution in [2.24, 2.45) is 0 Å². The highest BCUT2D eigenvalue weighted by atomic mass is 35.5. The lowest BCUT2D eigenvalue weighted by Crippen LogP contribution is -1.88. The van der Waals surface area contributed by atoms with Crippen molar-refractivity contribution in [1.82, 2.24) is 4.98 Å². The molecule has 1 aromatic rings. The van der Waals surface area contributed by atoms with Crippen LogP contribution in [0.2, 0.25) is 0 Å². The normalized spacial score (nSPS) is 10.0. The summed E-state index contributed by atoms with van der Waals surface area (Å²) in [7, 11) is 0. The number of nitrogens with zero attached hydrogens (tertiary/aromatic N) is 1. The van der Waals surface area contributed by atoms with Crippen molar-refractivity contribution < 1.29 is 0 Å². The number of pyridine rings is 1. The zero-order chi connectivity index (χ0) is 8.10. The molecule has 60 valence electrons. The van der Waals surface area contributed by atoms with Gasteiger partial charge in [-0.25, -0.2) is 0 Å². The first-order valence-electron chi connectivity index (χ1n) is 3.86. The molecule has 0 saturated carbocycles. The van der Waals surface area contributed by atoms with Crippen LogP contribution >= 0.6 is 11.6 Å². The van der Waals surface area contributed by atoms with Gasteiger partial charge < -0.3 is 0 Å². The molecule has 0 unspecified atom stereocenters. The Kier molecular flexibility index (Phi) is 3.37. The van der Waals surface area contributed by atoms with Crippen molar-refractivity contribution in [2.75, 3.05) is 0 Å². The first-order valence-corrected chi connectivity index (χ1v) is 4.40. The van der Waals surface area contributed by atoms with E-state index < -0.39 is 0 Å². The molecule has 0 N–H and O–H groups in total. The molecule has 1 heterocycles. The van der Waals surface area contributed by atoms with E-state index in [9.17, 15) is 0 Å². The molecular weight excluding hydrogens is 158 g/mol. The summed E-state index contributed by atoms with van der Waals surface area (Å²) in [6.45, 7) is 2.17. The van der Waals surface area contributed by atoms with Crippen LogP contribution in [0.4, 0.5) is 0 Å². The fourth-order valence-electron chi connectivity index (χ4n) is 1.05. The zero-order valence-corrected chi connectivity index (χ0v) is 7.43. The van der Waals surface area contributed by atoms with E-state index in [0.29, 0.717) is 5.88 Å². The average Bonchev–Trinajstić information content (AvgIpc) is 2.06. The molecule has 1 rings (SSSR count). The molecular formula is C9H12ClN. The van der Waals surface area contributed by atoms with Gasteiger partial charge in [0, 0.05) is 6.20 Å². The molecule has 0 aromatic carbocycles. The molecule has 0 radical (unpaired) electrons. The highest BCUT2D eigenvalue weighted by Crippen LogP contribution is 2.06. The number of halogens is 1. The Bertz CT molecular complexity index is 223. The van der Waals surface area contributed by atoms with Gasteiger partial charge in [-0.1, -0.05) is 13.3 Å². The van der Waals surface area contributed by atoms with Crippen LogP contribution in [0.25, 0.3) is 0 Å². The molecule has 0 saturated heterocycles. The van der Waals surface area contributed by atoms with Gasteiger partial charge in [-0.3, -0.25) is 4.98 Å². The molecule has 1 nitrogen and oxygen atoms in total. The minimum absolute atomic E-state index is 0.511. The summed E-state index contributed by atoms with van der Waals surface area (Å²) in [6.07, 6.45) is 4.11. The molecule has 0 aliphatic rings. The summed E-state index contributed by atoms with van der Waals surface area (Å²) >= 11 is 5.64. The second-order valence-corrected chi connectivity index (χ2v) is 2.81. The monoisotopic (exact) mass is 169 g/mol. The van der Waals surface area contributed by atoms with Gasteiger partial charge >= 0.3 is 0 Å². The predicted molar refractivity (Wildman–Crippen MR) is 47.8 cm³/mol. The highest BCUT2D eigenvalue weighted by Gasteiger charge is 1.93. The lowest BCUT2D eigenvalue weighted by atomic mass is 10.1. The van der Waals surface area contributed by atoms with Crippen LogP contribution in [-0.2, 0) is 12.3 Å². The molecule has 0 aliphatic carbocycles. The molecule has 0 spiro atoms. The van der Waals surface area contributed by atoms with Crippen LogP contribution < -0.4 is 0 Å². The van der Waals surface area contributed by atoms with E-state index >= 15 is 0 Å². The SMILES string of the molecule is CCCc1ccnc(CCl)c1. The van der Waals surface area contributed by atoms with Crippen molar-refractivity contribution in [3.05, 3.63) is 29.6 Å². The second-order valence-electron chi connectivity index (χ2n) is 2.54. The van der Waals surface area contributed by atoms with Crippen molar-refractivity contribution in [3.63, 3.8) is 0 Å². The van der Waals surface area contributed by atoms with Gasteiger partial charge in [-0.2, -0.15) is 0 Å². The number of aryl methyl sites for hydroxylation is 1. The van der Waals surface area contributed by atoms with Crippen molar-refractivity contribution in [2.45, 2.75) is 25.6 Å². The van der Waals surface area contributed by atoms with Crippen LogP contribution in [0.15, 0.2) is 18.3 Å². The Hall–Kier alpha value is -0.560. The fraction of sp³-hybridized carbons (Fsp3) is 0.444. The first kappa shape index (κ1) is 8.54. The Labute approximate surface area is 72.4 Å². The highest BCUT2D eigenvalue weighted by molar-refractivity contribution is 6.16. The third kappa shape index (κ3) is 2.51. The van der Waals surface area contributed by atoms with E-state index in [4.69, 9.17) is 11.6 Å². The summed E-state index contributed by atoms with van der Waals surface area (Å²) < 4.78 is 0. The van der Waals surface area contributed by atoms with Crippen LogP contribution in [-0.4, -0.2) is 4.98 Å². The third-order valence-corrected chi connectivity index (χ3v) is 1.83. The van der Waals surface area contributed by atoms with E-state index in [2.05, 4.69) is 18.0 Å². The number of hydrogen-bond acceptors (Lipinski definition) is 1. The van der Waals surface area contributed by atoms with Gasteiger partial charge in [0.2, 0.25) is 0 Å². The fourth-order valence-corrected chi connectivity index (χ4v) is 1.19. The molecule has 0 fully saturated rings. The lowest BCUT2D eigenvalue weighted by Gasteiger charge is -1.99. The van der Waals surface area contributed by atoms with E-state index in [0.717, 1.165) is 12.1 Å². The standard InChI is InChI=1S/C9H12ClN/c1-2-3-8-4-5-11-9(6-8)7-10/h4-6H,2-3,7H2,1H3. The lowest BCUT2D eigenvalue weighted by molar-refractivity contribution is 0.913. The van der Waals surface area contributed by atoms with Gasteiger partial charge in [-0.05, 0) is 24.1 Å². The third-order valence-electron chi connectivity index (χ3n) is 1.56. The number of aromatic nitrogens is 1. The molecule has 0 amide bonds. The Morgan fingerprint density at radius 1 is 1.55 bits per heavy atom. The van der Waals surface area contributed by atoms with Gasteiger partial charge in [0.05, 0.1) is 11.6 Å². The number of hydrogen-bond donors (Lipinski definition) is 0. The Morgan fingerprint density at radius 3 is 3.00 bits per heavy atom. The van der Waals surface area contributed by atoms with E-state index in [1.54, 1.807) is 0 Å². The van der Waals surface area contributed by atoms with Crippen LogP contribution in [0.1, 0.15) is 24.6 Å². The maximum atomic E-state index is 5.64. The van der Waals surface area contributed by atoms with Gasteiger partial charge in [0.1, 0.15) is 0 Å². The largest absolute Gasteiger partial charge is 0.260 e. The Balaban J connectivity index is 2.74. The second kappa shape index (κ2) is 4.35. The molecule has 0 atom stereocenters. The van der Waals surface area contributed by atoms with E-state index in [-0.39, 0.29) is 0 Å². The molecule has 2 heteroatoms. The van der Waals surface area contributed by atoms with Crippen LogP contribution in [0, 0.1) is 0 Å². The first-order chi connectivity index (χ1) is 5.36. The minimum Gasteiger partial charge on any atom is -0.260 e. The molecule has 1 aromatic heterocycles. The van der Waals surface area contributed by atoms with Crippen molar-refractivity contribution in [3.8, 4) is 0 Å². The quantitative estimate of drug-likeness (QED) is 0.635. The number of rotatable bonds is 3. The maximum absolute atomic E-state index is 5.64. The predicted octanol–water partition coefficient (Wildman–Crippen LogP) is 2.77. The molecule has 11 heavy (non-hydrogen) atoms. The van der Waals surface area contributed by atoms with E-state index in [1.807, 2.05) is 12.3 Å². The van der Waals surface area contributed by atoms with Crippen molar-refractivity contribution >= 4 is 11.6 Å². The summed E-state index contributed by atoms with van der Waals surface area (Å²) in [4.78, 5) is 4.11.